The first kappa shape index (κ1) is 12.7. The van der Waals surface area contributed by atoms with E-state index in [-0.39, 0.29) is 0 Å². The first-order valence-corrected chi connectivity index (χ1v) is 8.51. The van der Waals surface area contributed by atoms with Crippen molar-refractivity contribution in [1.82, 2.24) is 4.90 Å². The van der Waals surface area contributed by atoms with Gasteiger partial charge in [-0.3, -0.25) is 4.90 Å². The quantitative estimate of drug-likeness (QED) is 0.773. The molecular weight excluding hydrogens is 244 g/mol. The van der Waals surface area contributed by atoms with Gasteiger partial charge in [-0.25, -0.2) is 0 Å². The molecule has 0 bridgehead atoms. The predicted molar refractivity (Wildman–Crippen MR) is 84.5 cm³/mol. The van der Waals surface area contributed by atoms with Crippen LogP contribution in [-0.4, -0.2) is 37.1 Å². The van der Waals surface area contributed by atoms with Crippen LogP contribution in [0.5, 0.6) is 0 Å². The van der Waals surface area contributed by atoms with Crippen LogP contribution in [-0.2, 0) is 12.8 Å². The normalized spacial score (nSPS) is 27.0. The minimum atomic E-state index is 0.805. The van der Waals surface area contributed by atoms with E-state index in [1.165, 1.54) is 76.8 Å². The first-order chi connectivity index (χ1) is 9.90. The number of rotatable bonds is 1. The van der Waals surface area contributed by atoms with Gasteiger partial charge < -0.3 is 4.90 Å². The molecule has 2 heterocycles. The van der Waals surface area contributed by atoms with Crippen LogP contribution in [0.1, 0.15) is 43.2 Å². The highest BCUT2D eigenvalue weighted by Gasteiger charge is 2.27. The highest BCUT2D eigenvalue weighted by Crippen LogP contribution is 2.29. The molecule has 2 fully saturated rings. The molecule has 0 aromatic heterocycles. The number of benzene rings is 1. The Labute approximate surface area is 122 Å². The summed E-state index contributed by atoms with van der Waals surface area (Å²) in [4.78, 5) is 5.41. The third-order valence-corrected chi connectivity index (χ3v) is 5.50. The van der Waals surface area contributed by atoms with E-state index in [9.17, 15) is 0 Å². The molecular formula is C18H26N2. The molecule has 2 heteroatoms. The van der Waals surface area contributed by atoms with Crippen molar-refractivity contribution in [3.05, 3.63) is 29.3 Å². The van der Waals surface area contributed by atoms with Crippen LogP contribution in [0.25, 0.3) is 0 Å². The lowest BCUT2D eigenvalue weighted by Crippen LogP contribution is -2.44. The fourth-order valence-corrected chi connectivity index (χ4v) is 4.36. The highest BCUT2D eigenvalue weighted by atomic mass is 15.2. The second kappa shape index (κ2) is 5.40. The minimum absolute atomic E-state index is 0.805. The lowest BCUT2D eigenvalue weighted by molar-refractivity contribution is 0.162. The molecule has 0 spiro atoms. The largest absolute Gasteiger partial charge is 0.370 e. The monoisotopic (exact) mass is 270 g/mol. The molecule has 3 aliphatic rings. The summed E-state index contributed by atoms with van der Waals surface area (Å²) in [6.07, 6.45) is 9.53. The van der Waals surface area contributed by atoms with E-state index in [0.717, 1.165) is 6.04 Å². The Morgan fingerprint density at radius 2 is 1.75 bits per heavy atom. The van der Waals surface area contributed by atoms with E-state index in [0.29, 0.717) is 0 Å². The Morgan fingerprint density at radius 1 is 0.850 bits per heavy atom. The zero-order chi connectivity index (χ0) is 13.4. The molecule has 2 saturated heterocycles. The van der Waals surface area contributed by atoms with Crippen molar-refractivity contribution in [3.63, 3.8) is 0 Å². The maximum absolute atomic E-state index is 2.75. The smallest absolute Gasteiger partial charge is 0.0369 e. The van der Waals surface area contributed by atoms with Gasteiger partial charge in [-0.15, -0.1) is 0 Å². The number of aryl methyl sites for hydroxylation is 2. The van der Waals surface area contributed by atoms with Gasteiger partial charge in [0.1, 0.15) is 0 Å². The van der Waals surface area contributed by atoms with Gasteiger partial charge in [-0.05, 0) is 68.3 Å². The molecule has 108 valence electrons. The molecule has 20 heavy (non-hydrogen) atoms. The molecule has 0 saturated carbocycles. The number of piperidine rings is 1. The third-order valence-electron chi connectivity index (χ3n) is 5.50. The summed E-state index contributed by atoms with van der Waals surface area (Å²) in [5.74, 6) is 0. The number of anilines is 1. The summed E-state index contributed by atoms with van der Waals surface area (Å²) >= 11 is 0. The van der Waals surface area contributed by atoms with Crippen LogP contribution >= 0.6 is 0 Å². The maximum atomic E-state index is 2.75. The lowest BCUT2D eigenvalue weighted by atomic mass is 10.0. The van der Waals surface area contributed by atoms with Crippen molar-refractivity contribution in [2.24, 2.45) is 0 Å². The van der Waals surface area contributed by atoms with Crippen LogP contribution in [0.15, 0.2) is 18.2 Å². The van der Waals surface area contributed by atoms with Gasteiger partial charge in [-0.1, -0.05) is 12.5 Å². The maximum Gasteiger partial charge on any atom is 0.0369 e. The fraction of sp³-hybridized carbons (Fsp3) is 0.667. The van der Waals surface area contributed by atoms with Gasteiger partial charge in [0.2, 0.25) is 0 Å². The van der Waals surface area contributed by atoms with Crippen molar-refractivity contribution in [2.75, 3.05) is 31.1 Å². The van der Waals surface area contributed by atoms with E-state index in [4.69, 9.17) is 0 Å². The van der Waals surface area contributed by atoms with Crippen molar-refractivity contribution in [1.29, 1.82) is 0 Å². The van der Waals surface area contributed by atoms with Gasteiger partial charge in [0, 0.05) is 31.4 Å². The Balaban J connectivity index is 1.55. The molecule has 1 unspecified atom stereocenters. The summed E-state index contributed by atoms with van der Waals surface area (Å²) < 4.78 is 0. The Hall–Kier alpha value is -1.02. The predicted octanol–water partition coefficient (Wildman–Crippen LogP) is 3.24. The molecule has 1 aliphatic carbocycles. The zero-order valence-electron chi connectivity index (χ0n) is 12.5. The Bertz CT molecular complexity index is 482. The number of fused-ring (bicyclic) bond motifs is 2. The number of hydrogen-bond donors (Lipinski definition) is 0. The molecule has 2 aliphatic heterocycles. The second-order valence-electron chi connectivity index (χ2n) is 6.79. The molecule has 1 aromatic rings. The number of nitrogens with zero attached hydrogens (tertiary/aromatic N) is 2. The van der Waals surface area contributed by atoms with Crippen LogP contribution < -0.4 is 4.90 Å². The number of hydrogen-bond acceptors (Lipinski definition) is 2. The van der Waals surface area contributed by atoms with E-state index in [1.807, 2.05) is 0 Å². The van der Waals surface area contributed by atoms with Crippen molar-refractivity contribution >= 4 is 5.69 Å². The summed E-state index contributed by atoms with van der Waals surface area (Å²) in [7, 11) is 0. The molecule has 1 aromatic carbocycles. The fourth-order valence-electron chi connectivity index (χ4n) is 4.36. The SMILES string of the molecule is c1cc2c(cc1N1CCCN3CCCCC3C1)CCC2. The van der Waals surface area contributed by atoms with E-state index >= 15 is 0 Å². The Kier molecular flexibility index (Phi) is 3.43. The average Bonchev–Trinajstić information content (AvgIpc) is 2.84. The van der Waals surface area contributed by atoms with Crippen molar-refractivity contribution < 1.29 is 0 Å². The van der Waals surface area contributed by atoms with Gasteiger partial charge in [0.05, 0.1) is 0 Å². The zero-order valence-corrected chi connectivity index (χ0v) is 12.5. The third kappa shape index (κ3) is 2.35. The molecule has 1 atom stereocenters. The van der Waals surface area contributed by atoms with Gasteiger partial charge >= 0.3 is 0 Å². The molecule has 0 radical (unpaired) electrons. The standard InChI is InChI=1S/C18H26N2/c1-2-10-19-11-4-12-20(14-18(19)7-1)17-9-8-15-5-3-6-16(15)13-17/h8-9,13,18H,1-7,10-12,14H2. The Morgan fingerprint density at radius 3 is 2.75 bits per heavy atom. The molecule has 0 amide bonds. The van der Waals surface area contributed by atoms with E-state index in [1.54, 1.807) is 11.1 Å². The van der Waals surface area contributed by atoms with Crippen LogP contribution in [0.2, 0.25) is 0 Å². The summed E-state index contributed by atoms with van der Waals surface area (Å²) in [6.45, 7) is 5.14. The average molecular weight is 270 g/mol. The van der Waals surface area contributed by atoms with Gasteiger partial charge in [-0.2, -0.15) is 0 Å². The van der Waals surface area contributed by atoms with E-state index < -0.39 is 0 Å². The van der Waals surface area contributed by atoms with Crippen LogP contribution in [0.4, 0.5) is 5.69 Å². The topological polar surface area (TPSA) is 6.48 Å². The summed E-state index contributed by atoms with van der Waals surface area (Å²) in [5.41, 5.74) is 4.70. The van der Waals surface area contributed by atoms with Crippen LogP contribution in [0.3, 0.4) is 0 Å². The summed E-state index contributed by atoms with van der Waals surface area (Å²) in [6, 6.07) is 8.06. The molecule has 4 rings (SSSR count). The van der Waals surface area contributed by atoms with Gasteiger partial charge in [0.25, 0.3) is 0 Å². The minimum Gasteiger partial charge on any atom is -0.370 e. The molecule has 0 N–H and O–H groups in total. The first-order valence-electron chi connectivity index (χ1n) is 8.51. The van der Waals surface area contributed by atoms with Gasteiger partial charge in [0.15, 0.2) is 0 Å². The van der Waals surface area contributed by atoms with Crippen molar-refractivity contribution in [2.45, 2.75) is 51.0 Å². The lowest BCUT2D eigenvalue weighted by Gasteiger charge is -2.36. The van der Waals surface area contributed by atoms with Crippen LogP contribution in [0, 0.1) is 0 Å². The second-order valence-corrected chi connectivity index (χ2v) is 6.79. The highest BCUT2D eigenvalue weighted by molar-refractivity contribution is 5.52. The van der Waals surface area contributed by atoms with E-state index in [2.05, 4.69) is 28.0 Å². The molecule has 2 nitrogen and oxygen atoms in total. The van der Waals surface area contributed by atoms with Crippen molar-refractivity contribution in [3.8, 4) is 0 Å². The summed E-state index contributed by atoms with van der Waals surface area (Å²) in [5, 5.41) is 0.